The Bertz CT molecular complexity index is 424. The number of nitrogens with zero attached hydrogens (tertiary/aromatic N) is 1. The molecule has 0 heterocycles. The zero-order valence-corrected chi connectivity index (χ0v) is 10.7. The van der Waals surface area contributed by atoms with Gasteiger partial charge in [0.25, 0.3) is 5.91 Å². The molecule has 1 amide bonds. The Balaban J connectivity index is 2.53. The van der Waals surface area contributed by atoms with Crippen molar-refractivity contribution >= 4 is 21.8 Å². The molecule has 0 fully saturated rings. The monoisotopic (exact) mass is 280 g/mol. The second kappa shape index (κ2) is 6.29. The molecular weight excluding hydrogens is 268 g/mol. The normalized spacial score (nSPS) is 9.56. The van der Waals surface area contributed by atoms with Crippen molar-refractivity contribution in [3.05, 3.63) is 33.8 Å². The SMILES string of the molecule is Cc1ccc(C(=O)NCCCC#N)cc1Br. The summed E-state index contributed by atoms with van der Waals surface area (Å²) in [5, 5.41) is 11.1. The van der Waals surface area contributed by atoms with Crippen molar-refractivity contribution in [2.24, 2.45) is 0 Å². The summed E-state index contributed by atoms with van der Waals surface area (Å²) in [5.74, 6) is -0.0985. The van der Waals surface area contributed by atoms with Crippen molar-refractivity contribution in [3.8, 4) is 6.07 Å². The standard InChI is InChI=1S/C12H13BrN2O/c1-9-4-5-10(8-11(9)13)12(16)15-7-3-2-6-14/h4-5,8H,2-3,7H2,1H3,(H,15,16). The predicted octanol–water partition coefficient (Wildman–Crippen LogP) is 2.79. The van der Waals surface area contributed by atoms with Crippen LogP contribution in [0.5, 0.6) is 0 Å². The number of benzene rings is 1. The van der Waals surface area contributed by atoms with E-state index >= 15 is 0 Å². The fourth-order valence-electron chi connectivity index (χ4n) is 1.21. The predicted molar refractivity (Wildman–Crippen MR) is 66.1 cm³/mol. The Morgan fingerprint density at radius 3 is 2.94 bits per heavy atom. The minimum atomic E-state index is -0.0985. The van der Waals surface area contributed by atoms with Crippen molar-refractivity contribution < 1.29 is 4.79 Å². The van der Waals surface area contributed by atoms with Crippen LogP contribution >= 0.6 is 15.9 Å². The average molecular weight is 281 g/mol. The molecular formula is C12H13BrN2O. The molecule has 0 aromatic heterocycles. The maximum Gasteiger partial charge on any atom is 0.251 e. The van der Waals surface area contributed by atoms with Crippen LogP contribution < -0.4 is 5.32 Å². The molecule has 0 aliphatic heterocycles. The van der Waals surface area contributed by atoms with Crippen LogP contribution in [-0.4, -0.2) is 12.5 Å². The highest BCUT2D eigenvalue weighted by Gasteiger charge is 2.05. The first-order valence-corrected chi connectivity index (χ1v) is 5.85. The molecule has 0 saturated heterocycles. The Kier molecular flexibility index (Phi) is 5.00. The van der Waals surface area contributed by atoms with E-state index in [9.17, 15) is 4.79 Å². The number of amides is 1. The summed E-state index contributed by atoms with van der Waals surface area (Å²) in [4.78, 5) is 11.7. The topological polar surface area (TPSA) is 52.9 Å². The molecule has 1 aromatic rings. The number of unbranched alkanes of at least 4 members (excludes halogenated alkanes) is 1. The third-order valence-electron chi connectivity index (χ3n) is 2.18. The molecule has 4 heteroatoms. The maximum absolute atomic E-state index is 11.7. The van der Waals surface area contributed by atoms with Crippen molar-refractivity contribution in [1.82, 2.24) is 5.32 Å². The van der Waals surface area contributed by atoms with Crippen LogP contribution in [0.25, 0.3) is 0 Å². The van der Waals surface area contributed by atoms with Crippen molar-refractivity contribution in [2.45, 2.75) is 19.8 Å². The molecule has 0 unspecified atom stereocenters. The van der Waals surface area contributed by atoms with Crippen LogP contribution in [-0.2, 0) is 0 Å². The fourth-order valence-corrected chi connectivity index (χ4v) is 1.58. The zero-order valence-electron chi connectivity index (χ0n) is 9.09. The van der Waals surface area contributed by atoms with Gasteiger partial charge in [0.15, 0.2) is 0 Å². The quantitative estimate of drug-likeness (QED) is 0.863. The van der Waals surface area contributed by atoms with Gasteiger partial charge in [-0.05, 0) is 31.0 Å². The van der Waals surface area contributed by atoms with Crippen LogP contribution in [0.15, 0.2) is 22.7 Å². The molecule has 0 aliphatic carbocycles. The number of nitrogens with one attached hydrogen (secondary N) is 1. The maximum atomic E-state index is 11.7. The van der Waals surface area contributed by atoms with Gasteiger partial charge in [-0.15, -0.1) is 0 Å². The number of hydrogen-bond donors (Lipinski definition) is 1. The Labute approximate surface area is 104 Å². The second-order valence-electron chi connectivity index (χ2n) is 3.48. The van der Waals surface area contributed by atoms with Crippen molar-refractivity contribution in [3.63, 3.8) is 0 Å². The molecule has 0 saturated carbocycles. The average Bonchev–Trinajstić information content (AvgIpc) is 2.28. The van der Waals surface area contributed by atoms with Crippen LogP contribution in [0.1, 0.15) is 28.8 Å². The number of nitriles is 1. The van der Waals surface area contributed by atoms with E-state index in [1.807, 2.05) is 19.1 Å². The molecule has 0 aliphatic rings. The highest BCUT2D eigenvalue weighted by atomic mass is 79.9. The molecule has 0 radical (unpaired) electrons. The lowest BCUT2D eigenvalue weighted by molar-refractivity contribution is 0.0953. The molecule has 84 valence electrons. The van der Waals surface area contributed by atoms with E-state index in [1.54, 1.807) is 12.1 Å². The fraction of sp³-hybridized carbons (Fsp3) is 0.333. The summed E-state index contributed by atoms with van der Waals surface area (Å²) in [6.45, 7) is 2.51. The minimum Gasteiger partial charge on any atom is -0.352 e. The highest BCUT2D eigenvalue weighted by molar-refractivity contribution is 9.10. The molecule has 16 heavy (non-hydrogen) atoms. The lowest BCUT2D eigenvalue weighted by atomic mass is 10.1. The van der Waals surface area contributed by atoms with Gasteiger partial charge in [-0.3, -0.25) is 4.79 Å². The van der Waals surface area contributed by atoms with Gasteiger partial charge in [0, 0.05) is 23.0 Å². The third kappa shape index (κ3) is 3.67. The Hall–Kier alpha value is -1.34. The number of aryl methyl sites for hydroxylation is 1. The number of halogens is 1. The third-order valence-corrected chi connectivity index (χ3v) is 3.04. The molecule has 1 N–H and O–H groups in total. The lowest BCUT2D eigenvalue weighted by Crippen LogP contribution is -2.24. The summed E-state index contributed by atoms with van der Waals surface area (Å²) in [5.41, 5.74) is 1.73. The number of hydrogen-bond acceptors (Lipinski definition) is 2. The van der Waals surface area contributed by atoms with Gasteiger partial charge in [-0.25, -0.2) is 0 Å². The molecule has 0 atom stereocenters. The molecule has 0 bridgehead atoms. The van der Waals surface area contributed by atoms with Gasteiger partial charge in [-0.2, -0.15) is 5.26 Å². The summed E-state index contributed by atoms with van der Waals surface area (Å²) >= 11 is 3.38. The first-order valence-electron chi connectivity index (χ1n) is 5.06. The van der Waals surface area contributed by atoms with E-state index in [4.69, 9.17) is 5.26 Å². The summed E-state index contributed by atoms with van der Waals surface area (Å²) in [7, 11) is 0. The number of rotatable bonds is 4. The number of carbonyl (C=O) groups excluding carboxylic acids is 1. The Morgan fingerprint density at radius 1 is 1.56 bits per heavy atom. The van der Waals surface area contributed by atoms with E-state index in [-0.39, 0.29) is 5.91 Å². The highest BCUT2D eigenvalue weighted by Crippen LogP contribution is 2.17. The van der Waals surface area contributed by atoms with Gasteiger partial charge in [0.1, 0.15) is 0 Å². The van der Waals surface area contributed by atoms with E-state index in [0.717, 1.165) is 10.0 Å². The van der Waals surface area contributed by atoms with E-state index in [1.165, 1.54) is 0 Å². The molecule has 1 aromatic carbocycles. The summed E-state index contributed by atoms with van der Waals surface area (Å²) < 4.78 is 0.928. The van der Waals surface area contributed by atoms with E-state index in [2.05, 4.69) is 21.2 Å². The largest absolute Gasteiger partial charge is 0.352 e. The van der Waals surface area contributed by atoms with Crippen molar-refractivity contribution in [1.29, 1.82) is 5.26 Å². The van der Waals surface area contributed by atoms with Gasteiger partial charge >= 0.3 is 0 Å². The zero-order chi connectivity index (χ0) is 12.0. The Morgan fingerprint density at radius 2 is 2.31 bits per heavy atom. The summed E-state index contributed by atoms with van der Waals surface area (Å²) in [6.07, 6.45) is 1.16. The minimum absolute atomic E-state index is 0.0985. The van der Waals surface area contributed by atoms with Crippen LogP contribution in [0.2, 0.25) is 0 Å². The molecule has 0 spiro atoms. The van der Waals surface area contributed by atoms with E-state index < -0.39 is 0 Å². The first-order chi connectivity index (χ1) is 7.65. The number of carbonyl (C=O) groups is 1. The van der Waals surface area contributed by atoms with E-state index in [0.29, 0.717) is 24.9 Å². The lowest BCUT2D eigenvalue weighted by Gasteiger charge is -2.05. The van der Waals surface area contributed by atoms with Gasteiger partial charge in [0.2, 0.25) is 0 Å². The second-order valence-corrected chi connectivity index (χ2v) is 4.34. The molecule has 1 rings (SSSR count). The van der Waals surface area contributed by atoms with Gasteiger partial charge in [-0.1, -0.05) is 22.0 Å². The van der Waals surface area contributed by atoms with Crippen molar-refractivity contribution in [2.75, 3.05) is 6.54 Å². The van der Waals surface area contributed by atoms with Crippen LogP contribution in [0.4, 0.5) is 0 Å². The van der Waals surface area contributed by atoms with Crippen LogP contribution in [0.3, 0.4) is 0 Å². The molecule has 3 nitrogen and oxygen atoms in total. The van der Waals surface area contributed by atoms with Gasteiger partial charge in [0.05, 0.1) is 6.07 Å². The first kappa shape index (κ1) is 12.7. The summed E-state index contributed by atoms with van der Waals surface area (Å²) in [6, 6.07) is 7.53. The van der Waals surface area contributed by atoms with Gasteiger partial charge < -0.3 is 5.32 Å². The smallest absolute Gasteiger partial charge is 0.251 e. The van der Waals surface area contributed by atoms with Crippen LogP contribution in [0, 0.1) is 18.3 Å².